The van der Waals surface area contributed by atoms with E-state index in [9.17, 15) is 4.79 Å². The number of furan rings is 1. The van der Waals surface area contributed by atoms with Crippen molar-refractivity contribution in [1.29, 1.82) is 0 Å². The van der Waals surface area contributed by atoms with Crippen molar-refractivity contribution in [3.63, 3.8) is 0 Å². The van der Waals surface area contributed by atoms with Crippen molar-refractivity contribution in [2.75, 3.05) is 13.1 Å². The topological polar surface area (TPSA) is 85.3 Å². The number of hydrogen-bond donors (Lipinski definition) is 0. The predicted molar refractivity (Wildman–Crippen MR) is 93.6 cm³/mol. The fraction of sp³-hybridized carbons (Fsp3) is 0.368. The second-order valence-electron chi connectivity index (χ2n) is 6.62. The Kier molecular flexibility index (Phi) is 4.28. The Balaban J connectivity index is 1.51. The van der Waals surface area contributed by atoms with Crippen LogP contribution in [-0.4, -0.2) is 39.0 Å². The molecule has 0 bridgehead atoms. The number of aromatic nitrogens is 3. The van der Waals surface area contributed by atoms with Crippen LogP contribution in [-0.2, 0) is 0 Å². The van der Waals surface area contributed by atoms with Gasteiger partial charge in [-0.15, -0.1) is 0 Å². The first-order valence-corrected chi connectivity index (χ1v) is 8.72. The van der Waals surface area contributed by atoms with Crippen molar-refractivity contribution >= 4 is 5.91 Å². The second-order valence-corrected chi connectivity index (χ2v) is 6.62. The number of nitrogens with zero attached hydrogens (tertiary/aromatic N) is 4. The minimum atomic E-state index is -0.00366. The minimum Gasteiger partial charge on any atom is -0.466 e. The monoisotopic (exact) mass is 352 g/mol. The van der Waals surface area contributed by atoms with Crippen LogP contribution in [0.1, 0.15) is 46.5 Å². The van der Waals surface area contributed by atoms with Gasteiger partial charge in [0.25, 0.3) is 5.91 Å². The number of likely N-dealkylation sites (tertiary alicyclic amines) is 1. The van der Waals surface area contributed by atoms with Crippen LogP contribution in [0.25, 0.3) is 11.4 Å². The summed E-state index contributed by atoms with van der Waals surface area (Å²) in [6.07, 6.45) is 5.22. The van der Waals surface area contributed by atoms with E-state index in [2.05, 4.69) is 15.1 Å². The number of rotatable bonds is 3. The summed E-state index contributed by atoms with van der Waals surface area (Å²) in [6, 6.07) is 5.53. The van der Waals surface area contributed by atoms with Crippen LogP contribution in [0.15, 0.2) is 39.5 Å². The quantitative estimate of drug-likeness (QED) is 0.718. The SMILES string of the molecule is Cc1cc(C(=O)N2CCC[C@H](c3nc(-c4cccnc4)no3)C2)c(C)o1. The average molecular weight is 352 g/mol. The molecular weight excluding hydrogens is 332 g/mol. The van der Waals surface area contributed by atoms with Crippen LogP contribution in [0, 0.1) is 13.8 Å². The molecule has 0 N–H and O–H groups in total. The third-order valence-corrected chi connectivity index (χ3v) is 4.69. The Morgan fingerprint density at radius 3 is 2.96 bits per heavy atom. The Labute approximate surface area is 151 Å². The van der Waals surface area contributed by atoms with Gasteiger partial charge in [-0.25, -0.2) is 0 Å². The molecule has 7 heteroatoms. The molecule has 26 heavy (non-hydrogen) atoms. The van der Waals surface area contributed by atoms with Gasteiger partial charge in [-0.2, -0.15) is 4.98 Å². The molecule has 1 saturated heterocycles. The molecule has 1 aliphatic heterocycles. The van der Waals surface area contributed by atoms with Crippen LogP contribution in [0.3, 0.4) is 0 Å². The molecule has 4 heterocycles. The molecule has 4 rings (SSSR count). The van der Waals surface area contributed by atoms with Crippen molar-refractivity contribution in [2.24, 2.45) is 0 Å². The number of hydrogen-bond acceptors (Lipinski definition) is 6. The number of aryl methyl sites for hydroxylation is 2. The van der Waals surface area contributed by atoms with Gasteiger partial charge in [0.05, 0.1) is 11.5 Å². The number of carbonyl (C=O) groups excluding carboxylic acids is 1. The van der Waals surface area contributed by atoms with Gasteiger partial charge in [-0.3, -0.25) is 9.78 Å². The van der Waals surface area contributed by atoms with E-state index in [1.807, 2.05) is 30.9 Å². The summed E-state index contributed by atoms with van der Waals surface area (Å²) in [5.41, 5.74) is 1.44. The lowest BCUT2D eigenvalue weighted by molar-refractivity contribution is 0.0694. The van der Waals surface area contributed by atoms with Crippen molar-refractivity contribution in [3.8, 4) is 11.4 Å². The highest BCUT2D eigenvalue weighted by Gasteiger charge is 2.30. The fourth-order valence-electron chi connectivity index (χ4n) is 3.39. The van der Waals surface area contributed by atoms with Gasteiger partial charge in [-0.05, 0) is 44.9 Å². The van der Waals surface area contributed by atoms with Gasteiger partial charge in [0.1, 0.15) is 11.5 Å². The van der Waals surface area contributed by atoms with Gasteiger partial charge >= 0.3 is 0 Å². The Morgan fingerprint density at radius 1 is 1.35 bits per heavy atom. The maximum atomic E-state index is 12.8. The van der Waals surface area contributed by atoms with E-state index in [0.29, 0.717) is 29.6 Å². The molecule has 0 radical (unpaired) electrons. The first kappa shape index (κ1) is 16.5. The number of amides is 1. The van der Waals surface area contributed by atoms with Gasteiger partial charge < -0.3 is 13.8 Å². The zero-order valence-corrected chi connectivity index (χ0v) is 14.8. The fourth-order valence-corrected chi connectivity index (χ4v) is 3.39. The van der Waals surface area contributed by atoms with Crippen LogP contribution in [0.4, 0.5) is 0 Å². The standard InChI is InChI=1S/C19H20N4O3/c1-12-9-16(13(2)25-12)19(24)23-8-4-6-15(11-23)18-21-17(22-26-18)14-5-3-7-20-10-14/h3,5,7,9-10,15H,4,6,8,11H2,1-2H3/t15-/m0/s1. The normalized spacial score (nSPS) is 17.5. The zero-order valence-electron chi connectivity index (χ0n) is 14.8. The summed E-state index contributed by atoms with van der Waals surface area (Å²) in [6.45, 7) is 4.96. The lowest BCUT2D eigenvalue weighted by Crippen LogP contribution is -2.39. The summed E-state index contributed by atoms with van der Waals surface area (Å²) in [5.74, 6) is 2.54. The molecule has 7 nitrogen and oxygen atoms in total. The second kappa shape index (κ2) is 6.74. The van der Waals surface area contributed by atoms with E-state index in [-0.39, 0.29) is 11.8 Å². The van der Waals surface area contributed by atoms with Crippen LogP contribution < -0.4 is 0 Å². The van der Waals surface area contributed by atoms with Crippen molar-refractivity contribution < 1.29 is 13.7 Å². The van der Waals surface area contributed by atoms with E-state index in [4.69, 9.17) is 8.94 Å². The number of piperidine rings is 1. The molecular formula is C19H20N4O3. The van der Waals surface area contributed by atoms with Gasteiger partial charge in [0.2, 0.25) is 11.7 Å². The van der Waals surface area contributed by atoms with Crippen LogP contribution >= 0.6 is 0 Å². The molecule has 3 aromatic rings. The lowest BCUT2D eigenvalue weighted by Gasteiger charge is -2.30. The number of pyridine rings is 1. The maximum absolute atomic E-state index is 12.8. The van der Waals surface area contributed by atoms with E-state index >= 15 is 0 Å². The largest absolute Gasteiger partial charge is 0.466 e. The molecule has 0 aromatic carbocycles. The smallest absolute Gasteiger partial charge is 0.257 e. The third kappa shape index (κ3) is 3.12. The Morgan fingerprint density at radius 2 is 2.23 bits per heavy atom. The molecule has 0 spiro atoms. The summed E-state index contributed by atoms with van der Waals surface area (Å²) >= 11 is 0. The molecule has 0 unspecified atom stereocenters. The highest BCUT2D eigenvalue weighted by Crippen LogP contribution is 2.29. The van der Waals surface area contributed by atoms with E-state index in [1.165, 1.54) is 0 Å². The molecule has 1 fully saturated rings. The lowest BCUT2D eigenvalue weighted by atomic mass is 9.97. The predicted octanol–water partition coefficient (Wildman–Crippen LogP) is 3.36. The van der Waals surface area contributed by atoms with Crippen LogP contribution in [0.2, 0.25) is 0 Å². The molecule has 0 aliphatic carbocycles. The van der Waals surface area contributed by atoms with E-state index < -0.39 is 0 Å². The number of carbonyl (C=O) groups is 1. The van der Waals surface area contributed by atoms with Gasteiger partial charge in [0, 0.05) is 31.0 Å². The first-order valence-electron chi connectivity index (χ1n) is 8.72. The molecule has 1 atom stereocenters. The highest BCUT2D eigenvalue weighted by atomic mass is 16.5. The van der Waals surface area contributed by atoms with E-state index in [0.717, 1.165) is 30.7 Å². The Hall–Kier alpha value is -2.96. The molecule has 1 amide bonds. The Bertz CT molecular complexity index is 916. The molecule has 0 saturated carbocycles. The summed E-state index contributed by atoms with van der Waals surface area (Å²) in [7, 11) is 0. The maximum Gasteiger partial charge on any atom is 0.257 e. The molecule has 3 aromatic heterocycles. The highest BCUT2D eigenvalue weighted by molar-refractivity contribution is 5.95. The van der Waals surface area contributed by atoms with Crippen molar-refractivity contribution in [3.05, 3.63) is 53.6 Å². The molecule has 1 aliphatic rings. The van der Waals surface area contributed by atoms with Gasteiger partial charge in [-0.1, -0.05) is 5.16 Å². The van der Waals surface area contributed by atoms with Crippen molar-refractivity contribution in [1.82, 2.24) is 20.0 Å². The summed E-state index contributed by atoms with van der Waals surface area (Å²) in [4.78, 5) is 23.3. The average Bonchev–Trinajstić information content (AvgIpc) is 3.28. The minimum absolute atomic E-state index is 0.00366. The van der Waals surface area contributed by atoms with Gasteiger partial charge in [0.15, 0.2) is 0 Å². The van der Waals surface area contributed by atoms with Crippen molar-refractivity contribution in [2.45, 2.75) is 32.6 Å². The van der Waals surface area contributed by atoms with E-state index in [1.54, 1.807) is 18.5 Å². The van der Waals surface area contributed by atoms with Crippen LogP contribution in [0.5, 0.6) is 0 Å². The third-order valence-electron chi connectivity index (χ3n) is 4.69. The molecule has 134 valence electrons. The summed E-state index contributed by atoms with van der Waals surface area (Å²) < 4.78 is 11.0. The first-order chi connectivity index (χ1) is 12.6. The zero-order chi connectivity index (χ0) is 18.1. The summed E-state index contributed by atoms with van der Waals surface area (Å²) in [5, 5.41) is 4.06.